The lowest BCUT2D eigenvalue weighted by atomic mass is 10.1. The van der Waals surface area contributed by atoms with Gasteiger partial charge in [-0.1, -0.05) is 25.1 Å². The van der Waals surface area contributed by atoms with Gasteiger partial charge in [0.15, 0.2) is 0 Å². The van der Waals surface area contributed by atoms with Crippen LogP contribution in [0.4, 0.5) is 13.2 Å². The highest BCUT2D eigenvalue weighted by Gasteiger charge is 2.38. The first-order chi connectivity index (χ1) is 14.9. The normalized spacial score (nSPS) is 17.7. The van der Waals surface area contributed by atoms with Crippen molar-refractivity contribution in [2.24, 2.45) is 0 Å². The third-order valence-electron chi connectivity index (χ3n) is 5.00. The third-order valence-corrected chi connectivity index (χ3v) is 6.23. The van der Waals surface area contributed by atoms with Crippen LogP contribution in [0.25, 0.3) is 0 Å². The zero-order chi connectivity index (χ0) is 22.0. The molecule has 2 atom stereocenters. The van der Waals surface area contributed by atoms with Crippen LogP contribution >= 0.6 is 11.8 Å². The zero-order valence-electron chi connectivity index (χ0n) is 16.6. The Labute approximate surface area is 181 Å². The quantitative estimate of drug-likeness (QED) is 0.474. The number of aromatic nitrogens is 2. The number of alkyl halides is 3. The van der Waals surface area contributed by atoms with Gasteiger partial charge in [0.05, 0.1) is 17.6 Å². The number of carbonyl (C=O) groups excluding carboxylic acids is 1. The SMILES string of the molecule is CCC(N1C(=O)CSC1c1cccc(Oc2cccc(C(F)(F)F)c2)c1)n1ccnc1. The largest absolute Gasteiger partial charge is 0.457 e. The van der Waals surface area contributed by atoms with E-state index in [2.05, 4.69) is 4.98 Å². The number of hydrogen-bond donors (Lipinski definition) is 0. The molecule has 1 fully saturated rings. The van der Waals surface area contributed by atoms with E-state index in [0.29, 0.717) is 17.9 Å². The van der Waals surface area contributed by atoms with Crippen LogP contribution in [0.5, 0.6) is 11.5 Å². The molecule has 0 spiro atoms. The molecule has 3 aromatic rings. The molecule has 0 saturated carbocycles. The number of halogens is 3. The highest BCUT2D eigenvalue weighted by molar-refractivity contribution is 8.00. The smallest absolute Gasteiger partial charge is 0.416 e. The van der Waals surface area contributed by atoms with Gasteiger partial charge < -0.3 is 14.2 Å². The molecule has 0 bridgehead atoms. The Kier molecular flexibility index (Phi) is 5.95. The van der Waals surface area contributed by atoms with Crippen LogP contribution in [0.3, 0.4) is 0 Å². The molecule has 4 rings (SSSR count). The molecule has 1 saturated heterocycles. The molecule has 162 valence electrons. The van der Waals surface area contributed by atoms with Gasteiger partial charge in [-0.3, -0.25) is 4.79 Å². The van der Waals surface area contributed by atoms with Crippen molar-refractivity contribution in [3.8, 4) is 11.5 Å². The monoisotopic (exact) mass is 447 g/mol. The van der Waals surface area contributed by atoms with Crippen molar-refractivity contribution in [2.45, 2.75) is 31.1 Å². The summed E-state index contributed by atoms with van der Waals surface area (Å²) in [5.41, 5.74) is 0.0780. The highest BCUT2D eigenvalue weighted by atomic mass is 32.2. The first-order valence-corrected chi connectivity index (χ1v) is 10.8. The van der Waals surface area contributed by atoms with Crippen molar-refractivity contribution in [2.75, 3.05) is 5.75 Å². The van der Waals surface area contributed by atoms with Gasteiger partial charge in [-0.05, 0) is 42.3 Å². The van der Waals surface area contributed by atoms with Crippen molar-refractivity contribution >= 4 is 17.7 Å². The molecule has 0 aliphatic carbocycles. The van der Waals surface area contributed by atoms with Crippen molar-refractivity contribution < 1.29 is 22.7 Å². The summed E-state index contributed by atoms with van der Waals surface area (Å²) in [6.07, 6.45) is 1.28. The van der Waals surface area contributed by atoms with Gasteiger partial charge in [0.2, 0.25) is 5.91 Å². The van der Waals surface area contributed by atoms with Crippen molar-refractivity contribution in [1.82, 2.24) is 14.5 Å². The number of ether oxygens (including phenoxy) is 1. The fourth-order valence-corrected chi connectivity index (χ4v) is 4.82. The van der Waals surface area contributed by atoms with Gasteiger partial charge in [0, 0.05) is 12.4 Å². The summed E-state index contributed by atoms with van der Waals surface area (Å²) >= 11 is 1.51. The molecule has 0 N–H and O–H groups in total. The Bertz CT molecular complexity index is 1060. The fourth-order valence-electron chi connectivity index (χ4n) is 3.62. The first-order valence-electron chi connectivity index (χ1n) is 9.72. The second kappa shape index (κ2) is 8.66. The molecule has 9 heteroatoms. The molecular formula is C22H20F3N3O2S. The maximum Gasteiger partial charge on any atom is 0.416 e. The van der Waals surface area contributed by atoms with Crippen LogP contribution in [0, 0.1) is 0 Å². The van der Waals surface area contributed by atoms with Crippen molar-refractivity contribution in [3.05, 3.63) is 78.4 Å². The van der Waals surface area contributed by atoms with Crippen LogP contribution in [0.2, 0.25) is 0 Å². The lowest BCUT2D eigenvalue weighted by Crippen LogP contribution is -2.35. The lowest BCUT2D eigenvalue weighted by Gasteiger charge is -2.33. The number of carbonyl (C=O) groups is 1. The second-order valence-corrected chi connectivity index (χ2v) is 8.13. The molecule has 2 aromatic carbocycles. The number of amides is 1. The average molecular weight is 447 g/mol. The average Bonchev–Trinajstić information content (AvgIpc) is 3.40. The van der Waals surface area contributed by atoms with E-state index in [0.717, 1.165) is 17.7 Å². The Morgan fingerprint density at radius 1 is 1.19 bits per heavy atom. The minimum absolute atomic E-state index is 0.0275. The molecule has 1 aliphatic rings. The molecule has 2 unspecified atom stereocenters. The summed E-state index contributed by atoms with van der Waals surface area (Å²) in [5, 5.41) is -0.232. The van der Waals surface area contributed by atoms with E-state index < -0.39 is 11.7 Å². The Balaban J connectivity index is 1.60. The van der Waals surface area contributed by atoms with E-state index in [9.17, 15) is 18.0 Å². The van der Waals surface area contributed by atoms with E-state index in [1.165, 1.54) is 23.9 Å². The van der Waals surface area contributed by atoms with E-state index in [1.807, 2.05) is 28.7 Å². The number of thioether (sulfide) groups is 1. The molecule has 1 aromatic heterocycles. The van der Waals surface area contributed by atoms with Crippen LogP contribution in [-0.2, 0) is 11.0 Å². The number of benzene rings is 2. The van der Waals surface area contributed by atoms with Crippen LogP contribution in [-0.4, -0.2) is 26.1 Å². The lowest BCUT2D eigenvalue weighted by molar-refractivity contribution is -0.137. The number of rotatable bonds is 6. The standard InChI is InChI=1S/C22H20F3N3O2S/c1-2-19(27-10-9-26-14-27)28-20(29)13-31-21(28)15-5-3-7-17(11-15)30-18-8-4-6-16(12-18)22(23,24)25/h3-12,14,19,21H,2,13H2,1H3. The van der Waals surface area contributed by atoms with Gasteiger partial charge in [-0.25, -0.2) is 4.98 Å². The number of imidazole rings is 1. The van der Waals surface area contributed by atoms with Crippen LogP contribution < -0.4 is 4.74 Å². The third kappa shape index (κ3) is 4.56. The van der Waals surface area contributed by atoms with Gasteiger partial charge in [-0.2, -0.15) is 13.2 Å². The first kappa shape index (κ1) is 21.3. The van der Waals surface area contributed by atoms with E-state index >= 15 is 0 Å². The predicted octanol–water partition coefficient (Wildman–Crippen LogP) is 5.88. The van der Waals surface area contributed by atoms with Crippen molar-refractivity contribution in [1.29, 1.82) is 0 Å². The summed E-state index contributed by atoms with van der Waals surface area (Å²) < 4.78 is 46.5. The van der Waals surface area contributed by atoms with Gasteiger partial charge in [0.25, 0.3) is 0 Å². The Morgan fingerprint density at radius 3 is 2.61 bits per heavy atom. The predicted molar refractivity (Wildman–Crippen MR) is 112 cm³/mol. The molecule has 1 amide bonds. The molecule has 5 nitrogen and oxygen atoms in total. The van der Waals surface area contributed by atoms with E-state index in [1.54, 1.807) is 30.7 Å². The number of nitrogens with zero attached hydrogens (tertiary/aromatic N) is 3. The minimum Gasteiger partial charge on any atom is -0.457 e. The number of hydrogen-bond acceptors (Lipinski definition) is 4. The van der Waals surface area contributed by atoms with E-state index in [-0.39, 0.29) is 23.2 Å². The molecular weight excluding hydrogens is 427 g/mol. The summed E-state index contributed by atoms with van der Waals surface area (Å²) in [4.78, 5) is 18.6. The maximum atomic E-state index is 13.0. The Morgan fingerprint density at radius 2 is 1.94 bits per heavy atom. The maximum absolute atomic E-state index is 13.0. The molecule has 1 aliphatic heterocycles. The van der Waals surface area contributed by atoms with Gasteiger partial charge >= 0.3 is 6.18 Å². The molecule has 31 heavy (non-hydrogen) atoms. The molecule has 2 heterocycles. The fraction of sp³-hybridized carbons (Fsp3) is 0.273. The topological polar surface area (TPSA) is 47.4 Å². The highest BCUT2D eigenvalue weighted by Crippen LogP contribution is 2.44. The Hall–Kier alpha value is -2.94. The van der Waals surface area contributed by atoms with Crippen LogP contribution in [0.1, 0.15) is 36.0 Å². The summed E-state index contributed by atoms with van der Waals surface area (Å²) in [7, 11) is 0. The minimum atomic E-state index is -4.44. The summed E-state index contributed by atoms with van der Waals surface area (Å²) in [5.74, 6) is 0.894. The second-order valence-electron chi connectivity index (χ2n) is 7.06. The summed E-state index contributed by atoms with van der Waals surface area (Å²) in [6.45, 7) is 2.01. The van der Waals surface area contributed by atoms with Crippen LogP contribution in [0.15, 0.2) is 67.3 Å². The van der Waals surface area contributed by atoms with Gasteiger partial charge in [0.1, 0.15) is 23.0 Å². The summed E-state index contributed by atoms with van der Waals surface area (Å²) in [6, 6.07) is 11.9. The zero-order valence-corrected chi connectivity index (χ0v) is 17.4. The van der Waals surface area contributed by atoms with Gasteiger partial charge in [-0.15, -0.1) is 11.8 Å². The molecule has 0 radical (unpaired) electrons. The van der Waals surface area contributed by atoms with Crippen molar-refractivity contribution in [3.63, 3.8) is 0 Å². The van der Waals surface area contributed by atoms with E-state index in [4.69, 9.17) is 4.74 Å².